The molecule has 0 unspecified atom stereocenters. The summed E-state index contributed by atoms with van der Waals surface area (Å²) in [6.07, 6.45) is 1.27. The Bertz CT molecular complexity index is 1360. The van der Waals surface area contributed by atoms with Crippen LogP contribution < -0.4 is 4.90 Å². The number of piperazine rings is 1. The summed E-state index contributed by atoms with van der Waals surface area (Å²) < 4.78 is 5.43. The third-order valence-corrected chi connectivity index (χ3v) is 6.75. The van der Waals surface area contributed by atoms with Crippen LogP contribution in [0.3, 0.4) is 0 Å². The number of carbonyl (C=O) groups is 2. The van der Waals surface area contributed by atoms with Gasteiger partial charge in [-0.05, 0) is 29.8 Å². The molecule has 1 aliphatic rings. The zero-order valence-electron chi connectivity index (χ0n) is 20.4. The number of anilines is 1. The van der Waals surface area contributed by atoms with Crippen LogP contribution in [-0.2, 0) is 11.3 Å². The summed E-state index contributed by atoms with van der Waals surface area (Å²) >= 11 is 12.5. The minimum Gasteiger partial charge on any atom is -0.444 e. The first-order valence-corrected chi connectivity index (χ1v) is 12.4. The van der Waals surface area contributed by atoms with Crippen LogP contribution in [0.25, 0.3) is 11.1 Å². The van der Waals surface area contributed by atoms with Crippen LogP contribution in [0, 0.1) is 11.3 Å². The number of hydrogen-bond donors (Lipinski definition) is 0. The van der Waals surface area contributed by atoms with Gasteiger partial charge in [-0.15, -0.1) is 0 Å². The van der Waals surface area contributed by atoms with Gasteiger partial charge in [-0.3, -0.25) is 4.79 Å². The fourth-order valence-corrected chi connectivity index (χ4v) is 4.46. The molecule has 1 fully saturated rings. The van der Waals surface area contributed by atoms with Gasteiger partial charge in [0.15, 0.2) is 0 Å². The van der Waals surface area contributed by atoms with Crippen molar-refractivity contribution in [2.24, 2.45) is 0 Å². The highest BCUT2D eigenvalue weighted by Gasteiger charge is 2.25. The molecule has 0 radical (unpaired) electrons. The molecule has 2 amide bonds. The quantitative estimate of drug-likeness (QED) is 0.450. The zero-order chi connectivity index (χ0) is 26.5. The number of rotatable bonds is 5. The number of nitriles is 1. The summed E-state index contributed by atoms with van der Waals surface area (Å²) in [6.45, 7) is 2.00. The van der Waals surface area contributed by atoms with E-state index >= 15 is 0 Å². The SMILES string of the molecule is CN(C)C(=O)c1ccc(-c2cnc(N3CCN(C(=O)OCc4ccccc4Cl)CC3)c(C#N)c2)cc1Cl. The maximum atomic E-state index is 12.5. The normalized spacial score (nSPS) is 13.2. The van der Waals surface area contributed by atoms with Crippen LogP contribution >= 0.6 is 23.2 Å². The van der Waals surface area contributed by atoms with Crippen molar-refractivity contribution in [3.63, 3.8) is 0 Å². The molecule has 0 N–H and O–H groups in total. The van der Waals surface area contributed by atoms with Crippen LogP contribution in [0.4, 0.5) is 10.6 Å². The average Bonchev–Trinajstić information content (AvgIpc) is 2.91. The second-order valence-electron chi connectivity index (χ2n) is 8.72. The molecule has 4 rings (SSSR count). The van der Waals surface area contributed by atoms with Crippen molar-refractivity contribution in [3.8, 4) is 17.2 Å². The van der Waals surface area contributed by atoms with Gasteiger partial charge in [0.1, 0.15) is 18.5 Å². The van der Waals surface area contributed by atoms with Crippen LogP contribution in [-0.4, -0.2) is 67.1 Å². The van der Waals surface area contributed by atoms with Crippen LogP contribution in [0.5, 0.6) is 0 Å². The number of aromatic nitrogens is 1. The Hall–Kier alpha value is -3.80. The first-order valence-electron chi connectivity index (χ1n) is 11.6. The first kappa shape index (κ1) is 26.3. The lowest BCUT2D eigenvalue weighted by atomic mass is 10.0. The van der Waals surface area contributed by atoms with E-state index in [4.69, 9.17) is 27.9 Å². The van der Waals surface area contributed by atoms with Gasteiger partial charge in [0.2, 0.25) is 0 Å². The molecule has 0 bridgehead atoms. The summed E-state index contributed by atoms with van der Waals surface area (Å²) in [5, 5.41) is 10.7. The van der Waals surface area contributed by atoms with Crippen molar-refractivity contribution >= 4 is 41.0 Å². The molecule has 1 aromatic heterocycles. The fourth-order valence-electron chi connectivity index (χ4n) is 4.01. The Balaban J connectivity index is 1.41. The minimum atomic E-state index is -0.406. The number of carbonyl (C=O) groups excluding carboxylic acids is 2. The van der Waals surface area contributed by atoms with E-state index in [2.05, 4.69) is 11.1 Å². The average molecular weight is 538 g/mol. The Morgan fingerprint density at radius 1 is 1.03 bits per heavy atom. The largest absolute Gasteiger partial charge is 0.444 e. The van der Waals surface area contributed by atoms with Crippen molar-refractivity contribution < 1.29 is 14.3 Å². The van der Waals surface area contributed by atoms with Gasteiger partial charge in [0, 0.05) is 62.6 Å². The monoisotopic (exact) mass is 537 g/mol. The summed E-state index contributed by atoms with van der Waals surface area (Å²) in [4.78, 5) is 34.4. The molecule has 1 aliphatic heterocycles. The molecule has 0 aliphatic carbocycles. The van der Waals surface area contributed by atoms with E-state index in [1.54, 1.807) is 55.5 Å². The molecule has 2 aromatic carbocycles. The molecule has 8 nitrogen and oxygen atoms in total. The van der Waals surface area contributed by atoms with Gasteiger partial charge < -0.3 is 19.4 Å². The van der Waals surface area contributed by atoms with E-state index in [9.17, 15) is 14.9 Å². The third kappa shape index (κ3) is 5.96. The van der Waals surface area contributed by atoms with Crippen molar-refractivity contribution in [2.75, 3.05) is 45.2 Å². The number of pyridine rings is 1. The highest BCUT2D eigenvalue weighted by molar-refractivity contribution is 6.34. The maximum absolute atomic E-state index is 12.5. The van der Waals surface area contributed by atoms with E-state index < -0.39 is 6.09 Å². The second-order valence-corrected chi connectivity index (χ2v) is 9.54. The molecule has 190 valence electrons. The minimum absolute atomic E-state index is 0.106. The van der Waals surface area contributed by atoms with Crippen LogP contribution in [0.15, 0.2) is 54.7 Å². The van der Waals surface area contributed by atoms with E-state index in [0.717, 1.165) is 11.1 Å². The molecule has 2 heterocycles. The van der Waals surface area contributed by atoms with Crippen LogP contribution in [0.1, 0.15) is 21.5 Å². The number of amides is 2. The molecule has 0 spiro atoms. The zero-order valence-corrected chi connectivity index (χ0v) is 22.0. The van der Waals surface area contributed by atoms with Gasteiger partial charge in [-0.2, -0.15) is 5.26 Å². The van der Waals surface area contributed by atoms with Crippen molar-refractivity contribution in [3.05, 3.63) is 81.5 Å². The number of halogens is 2. The molecular formula is C27H25Cl2N5O3. The molecule has 37 heavy (non-hydrogen) atoms. The Morgan fingerprint density at radius 2 is 1.76 bits per heavy atom. The third-order valence-electron chi connectivity index (χ3n) is 6.07. The number of benzene rings is 2. The molecule has 1 saturated heterocycles. The van der Waals surface area contributed by atoms with Gasteiger partial charge in [0.05, 0.1) is 16.1 Å². The summed E-state index contributed by atoms with van der Waals surface area (Å²) in [5.74, 6) is 0.371. The topological polar surface area (TPSA) is 89.8 Å². The number of ether oxygens (including phenoxy) is 1. The lowest BCUT2D eigenvalue weighted by Crippen LogP contribution is -2.49. The van der Waals surface area contributed by atoms with E-state index in [-0.39, 0.29) is 12.5 Å². The predicted molar refractivity (Wildman–Crippen MR) is 143 cm³/mol. The summed E-state index contributed by atoms with van der Waals surface area (Å²) in [7, 11) is 3.33. The lowest BCUT2D eigenvalue weighted by molar-refractivity contribution is 0.0827. The Kier molecular flexibility index (Phi) is 8.17. The second kappa shape index (κ2) is 11.5. The highest BCUT2D eigenvalue weighted by Crippen LogP contribution is 2.29. The molecule has 10 heteroatoms. The summed E-state index contributed by atoms with van der Waals surface area (Å²) in [6, 6.07) is 16.4. The van der Waals surface area contributed by atoms with Crippen molar-refractivity contribution in [2.45, 2.75) is 6.61 Å². The molecular weight excluding hydrogens is 513 g/mol. The maximum Gasteiger partial charge on any atom is 0.410 e. The lowest BCUT2D eigenvalue weighted by Gasteiger charge is -2.35. The Morgan fingerprint density at radius 3 is 2.41 bits per heavy atom. The predicted octanol–water partition coefficient (Wildman–Crippen LogP) is 5.09. The number of nitrogens with zero attached hydrogens (tertiary/aromatic N) is 5. The molecule has 0 saturated carbocycles. The van der Waals surface area contributed by atoms with E-state index in [0.29, 0.717) is 58.7 Å². The van der Waals surface area contributed by atoms with Gasteiger partial charge >= 0.3 is 6.09 Å². The van der Waals surface area contributed by atoms with Gasteiger partial charge in [0.25, 0.3) is 5.91 Å². The standard InChI is InChI=1S/C27H25Cl2N5O3/c1-32(2)26(35)22-8-7-18(14-24(22)29)21-13-20(15-30)25(31-16-21)33-9-11-34(12-10-33)27(36)37-17-19-5-3-4-6-23(19)28/h3-8,13-14,16H,9-12,17H2,1-2H3. The van der Waals surface area contributed by atoms with Gasteiger partial charge in [-0.1, -0.05) is 47.5 Å². The van der Waals surface area contributed by atoms with E-state index in [1.807, 2.05) is 23.1 Å². The van der Waals surface area contributed by atoms with Crippen LogP contribution in [0.2, 0.25) is 10.0 Å². The van der Waals surface area contributed by atoms with Crippen molar-refractivity contribution in [1.29, 1.82) is 5.26 Å². The summed E-state index contributed by atoms with van der Waals surface area (Å²) in [5.41, 5.74) is 3.04. The van der Waals surface area contributed by atoms with Gasteiger partial charge in [-0.25, -0.2) is 9.78 Å². The molecule has 0 atom stereocenters. The van der Waals surface area contributed by atoms with E-state index in [1.165, 1.54) is 4.90 Å². The first-order chi connectivity index (χ1) is 17.8. The Labute approximate surface area is 225 Å². The van der Waals surface area contributed by atoms with Crippen molar-refractivity contribution in [1.82, 2.24) is 14.8 Å². The molecule has 3 aromatic rings. The highest BCUT2D eigenvalue weighted by atomic mass is 35.5. The smallest absolute Gasteiger partial charge is 0.410 e. The number of hydrogen-bond acceptors (Lipinski definition) is 6. The fraction of sp³-hybridized carbons (Fsp3) is 0.259.